The van der Waals surface area contributed by atoms with Crippen LogP contribution in [-0.2, 0) is 9.59 Å². The van der Waals surface area contributed by atoms with E-state index < -0.39 is 11.8 Å². The highest BCUT2D eigenvalue weighted by molar-refractivity contribution is 6.35. The molecule has 0 atom stereocenters. The molecule has 24 heavy (non-hydrogen) atoms. The molecule has 1 saturated heterocycles. The van der Waals surface area contributed by atoms with E-state index in [9.17, 15) is 9.59 Å². The zero-order valence-electron chi connectivity index (χ0n) is 14.6. The number of nitrogens with one attached hydrogen (secondary N) is 1. The Morgan fingerprint density at radius 1 is 1.08 bits per heavy atom. The number of carbonyl (C=O) groups excluding carboxylic acids is 2. The molecule has 0 aliphatic carbocycles. The summed E-state index contributed by atoms with van der Waals surface area (Å²) in [7, 11) is 1.65. The van der Waals surface area contributed by atoms with E-state index in [0.717, 1.165) is 43.8 Å². The molecule has 1 N–H and O–H groups in total. The van der Waals surface area contributed by atoms with Gasteiger partial charge in [-0.3, -0.25) is 9.59 Å². The minimum absolute atomic E-state index is 0.416. The Labute approximate surface area is 143 Å². The van der Waals surface area contributed by atoms with Crippen molar-refractivity contribution >= 4 is 17.5 Å². The molecule has 0 spiro atoms. The van der Waals surface area contributed by atoms with Gasteiger partial charge in [0.2, 0.25) is 0 Å². The standard InChI is InChI=1S/C18H27N3O3/c1-3-4-5-10-19-17(22)18(23)21-13-11-20(12-14-21)15-6-8-16(24-2)9-7-15/h6-9H,3-5,10-14H2,1-2H3,(H,19,22). The quantitative estimate of drug-likeness (QED) is 0.635. The Morgan fingerprint density at radius 3 is 2.33 bits per heavy atom. The van der Waals surface area contributed by atoms with Crippen molar-refractivity contribution in [2.45, 2.75) is 26.2 Å². The van der Waals surface area contributed by atoms with Gasteiger partial charge in [0.15, 0.2) is 0 Å². The summed E-state index contributed by atoms with van der Waals surface area (Å²) in [5.74, 6) is -0.0720. The van der Waals surface area contributed by atoms with E-state index in [0.29, 0.717) is 19.6 Å². The van der Waals surface area contributed by atoms with Crippen molar-refractivity contribution in [1.29, 1.82) is 0 Å². The lowest BCUT2D eigenvalue weighted by atomic mass is 10.2. The lowest BCUT2D eigenvalue weighted by Gasteiger charge is -2.35. The summed E-state index contributed by atoms with van der Waals surface area (Å²) in [4.78, 5) is 27.9. The van der Waals surface area contributed by atoms with Gasteiger partial charge < -0.3 is 19.9 Å². The molecule has 2 rings (SSSR count). The first kappa shape index (κ1) is 18.1. The van der Waals surface area contributed by atoms with Crippen LogP contribution in [0, 0.1) is 0 Å². The van der Waals surface area contributed by atoms with Crippen molar-refractivity contribution in [2.75, 3.05) is 44.7 Å². The van der Waals surface area contributed by atoms with Crippen LogP contribution in [0.5, 0.6) is 5.75 Å². The van der Waals surface area contributed by atoms with Crippen LogP contribution in [0.3, 0.4) is 0 Å². The second-order valence-electron chi connectivity index (χ2n) is 5.94. The fourth-order valence-electron chi connectivity index (χ4n) is 2.76. The van der Waals surface area contributed by atoms with Gasteiger partial charge in [0, 0.05) is 38.4 Å². The molecule has 0 saturated carbocycles. The van der Waals surface area contributed by atoms with Crippen molar-refractivity contribution < 1.29 is 14.3 Å². The monoisotopic (exact) mass is 333 g/mol. The molecule has 1 fully saturated rings. The topological polar surface area (TPSA) is 61.9 Å². The number of piperazine rings is 1. The van der Waals surface area contributed by atoms with E-state index in [2.05, 4.69) is 17.1 Å². The van der Waals surface area contributed by atoms with Gasteiger partial charge >= 0.3 is 11.8 Å². The lowest BCUT2D eigenvalue weighted by Crippen LogP contribution is -2.52. The van der Waals surface area contributed by atoms with Gasteiger partial charge in [0.1, 0.15) is 5.75 Å². The van der Waals surface area contributed by atoms with Crippen LogP contribution >= 0.6 is 0 Å². The summed E-state index contributed by atoms with van der Waals surface area (Å²) in [6, 6.07) is 7.88. The van der Waals surface area contributed by atoms with Crippen LogP contribution in [-0.4, -0.2) is 56.5 Å². The van der Waals surface area contributed by atoms with Gasteiger partial charge in [-0.25, -0.2) is 0 Å². The number of unbranched alkanes of at least 4 members (excludes halogenated alkanes) is 2. The normalized spacial score (nSPS) is 14.4. The molecule has 6 nitrogen and oxygen atoms in total. The molecule has 1 heterocycles. The molecular formula is C18H27N3O3. The van der Waals surface area contributed by atoms with Crippen LogP contribution in [0.2, 0.25) is 0 Å². The fourth-order valence-corrected chi connectivity index (χ4v) is 2.76. The summed E-state index contributed by atoms with van der Waals surface area (Å²) in [5, 5.41) is 2.71. The smallest absolute Gasteiger partial charge is 0.312 e. The second-order valence-corrected chi connectivity index (χ2v) is 5.94. The van der Waals surface area contributed by atoms with Gasteiger partial charge in [-0.1, -0.05) is 19.8 Å². The SMILES string of the molecule is CCCCCNC(=O)C(=O)N1CCN(c2ccc(OC)cc2)CC1. The number of amides is 2. The average molecular weight is 333 g/mol. The molecule has 1 aliphatic heterocycles. The summed E-state index contributed by atoms with van der Waals surface area (Å²) < 4.78 is 5.16. The number of carbonyl (C=O) groups is 2. The first-order valence-electron chi connectivity index (χ1n) is 8.61. The second kappa shape index (κ2) is 9.15. The summed E-state index contributed by atoms with van der Waals surface area (Å²) in [6.45, 7) is 5.25. The molecule has 0 bridgehead atoms. The van der Waals surface area contributed by atoms with Gasteiger partial charge in [0.25, 0.3) is 0 Å². The van der Waals surface area contributed by atoms with Crippen LogP contribution < -0.4 is 15.0 Å². The zero-order chi connectivity index (χ0) is 17.4. The highest BCUT2D eigenvalue weighted by atomic mass is 16.5. The number of methoxy groups -OCH3 is 1. The Kier molecular flexibility index (Phi) is 6.90. The first-order chi connectivity index (χ1) is 11.7. The van der Waals surface area contributed by atoms with E-state index in [-0.39, 0.29) is 0 Å². The molecule has 6 heteroatoms. The average Bonchev–Trinajstić information content (AvgIpc) is 2.64. The van der Waals surface area contributed by atoms with Crippen molar-refractivity contribution in [2.24, 2.45) is 0 Å². The molecule has 0 radical (unpaired) electrons. The third-order valence-corrected chi connectivity index (χ3v) is 4.26. The Bertz CT molecular complexity index is 537. The van der Waals surface area contributed by atoms with Crippen molar-refractivity contribution in [3.8, 4) is 5.75 Å². The molecule has 0 aromatic heterocycles. The van der Waals surface area contributed by atoms with Gasteiger partial charge in [-0.15, -0.1) is 0 Å². The summed E-state index contributed by atoms with van der Waals surface area (Å²) in [6.07, 6.45) is 3.08. The number of nitrogens with zero attached hydrogens (tertiary/aromatic N) is 2. The van der Waals surface area contributed by atoms with E-state index in [1.807, 2.05) is 24.3 Å². The lowest BCUT2D eigenvalue weighted by molar-refractivity contribution is -0.146. The highest BCUT2D eigenvalue weighted by Crippen LogP contribution is 2.20. The molecule has 132 valence electrons. The minimum Gasteiger partial charge on any atom is -0.497 e. The number of hydrogen-bond acceptors (Lipinski definition) is 4. The fraction of sp³-hybridized carbons (Fsp3) is 0.556. The van der Waals surface area contributed by atoms with E-state index in [4.69, 9.17) is 4.74 Å². The van der Waals surface area contributed by atoms with Crippen molar-refractivity contribution in [3.05, 3.63) is 24.3 Å². The molecule has 1 aromatic carbocycles. The maximum absolute atomic E-state index is 12.2. The zero-order valence-corrected chi connectivity index (χ0v) is 14.6. The van der Waals surface area contributed by atoms with Gasteiger partial charge in [-0.2, -0.15) is 0 Å². The van der Waals surface area contributed by atoms with Crippen LogP contribution in [0.1, 0.15) is 26.2 Å². The predicted molar refractivity (Wildman–Crippen MR) is 94.3 cm³/mol. The third-order valence-electron chi connectivity index (χ3n) is 4.26. The maximum Gasteiger partial charge on any atom is 0.312 e. The number of rotatable bonds is 6. The molecule has 2 amide bonds. The molecule has 0 unspecified atom stereocenters. The Morgan fingerprint density at radius 2 is 1.75 bits per heavy atom. The summed E-state index contributed by atoms with van der Waals surface area (Å²) >= 11 is 0. The van der Waals surface area contributed by atoms with E-state index >= 15 is 0 Å². The van der Waals surface area contributed by atoms with Crippen molar-refractivity contribution in [3.63, 3.8) is 0 Å². The largest absolute Gasteiger partial charge is 0.497 e. The van der Waals surface area contributed by atoms with Gasteiger partial charge in [-0.05, 0) is 30.7 Å². The maximum atomic E-state index is 12.2. The van der Waals surface area contributed by atoms with Crippen LogP contribution in [0.15, 0.2) is 24.3 Å². The molecular weight excluding hydrogens is 306 g/mol. The number of anilines is 1. The predicted octanol–water partition coefficient (Wildman–Crippen LogP) is 1.65. The number of benzene rings is 1. The van der Waals surface area contributed by atoms with Gasteiger partial charge in [0.05, 0.1) is 7.11 Å². The summed E-state index contributed by atoms with van der Waals surface area (Å²) in [5.41, 5.74) is 1.10. The molecule has 1 aromatic rings. The number of hydrogen-bond donors (Lipinski definition) is 1. The first-order valence-corrected chi connectivity index (χ1v) is 8.61. The van der Waals surface area contributed by atoms with E-state index in [1.54, 1.807) is 12.0 Å². The Balaban J connectivity index is 1.78. The highest BCUT2D eigenvalue weighted by Gasteiger charge is 2.25. The van der Waals surface area contributed by atoms with Crippen LogP contribution in [0.25, 0.3) is 0 Å². The van der Waals surface area contributed by atoms with Crippen molar-refractivity contribution in [1.82, 2.24) is 10.2 Å². The minimum atomic E-state index is -0.482. The molecule has 1 aliphatic rings. The number of ether oxygens (including phenoxy) is 1. The van der Waals surface area contributed by atoms with E-state index in [1.165, 1.54) is 0 Å². The Hall–Kier alpha value is -2.24. The van der Waals surface area contributed by atoms with Crippen LogP contribution in [0.4, 0.5) is 5.69 Å². The third kappa shape index (κ3) is 4.88.